The van der Waals surface area contributed by atoms with Crippen LogP contribution in [0, 0.1) is 5.92 Å². The smallest absolute Gasteiger partial charge is 0.0761 e. The van der Waals surface area contributed by atoms with E-state index in [2.05, 4.69) is 17.2 Å². The summed E-state index contributed by atoms with van der Waals surface area (Å²) in [6.45, 7) is 4.14. The predicted molar refractivity (Wildman–Crippen MR) is 88.6 cm³/mol. The minimum atomic E-state index is 0.262. The first kappa shape index (κ1) is 16.2. The summed E-state index contributed by atoms with van der Waals surface area (Å²) >= 11 is 6.21. The molecule has 0 saturated heterocycles. The van der Waals surface area contributed by atoms with Crippen LogP contribution >= 0.6 is 11.6 Å². The van der Waals surface area contributed by atoms with Crippen LogP contribution in [-0.4, -0.2) is 23.2 Å². The summed E-state index contributed by atoms with van der Waals surface area (Å²) in [6.07, 6.45) is 4.96. The fraction of sp³-hybridized carbons (Fsp3) is 0.471. The van der Waals surface area contributed by atoms with Gasteiger partial charge in [0.15, 0.2) is 0 Å². The van der Waals surface area contributed by atoms with Crippen LogP contribution in [-0.2, 0) is 6.54 Å². The van der Waals surface area contributed by atoms with Gasteiger partial charge in [-0.3, -0.25) is 4.98 Å². The Labute approximate surface area is 131 Å². The van der Waals surface area contributed by atoms with Gasteiger partial charge in [-0.1, -0.05) is 31.0 Å². The van der Waals surface area contributed by atoms with Crippen LogP contribution in [0.2, 0.25) is 5.02 Å². The molecule has 1 aromatic heterocycles. The Bertz CT molecular complexity index is 568. The molecule has 1 aromatic carbocycles. The third-order valence-corrected chi connectivity index (χ3v) is 4.11. The molecule has 2 aromatic rings. The number of nitrogens with one attached hydrogen (secondary N) is 1. The molecule has 0 saturated carbocycles. The summed E-state index contributed by atoms with van der Waals surface area (Å²) in [5.41, 5.74) is 2.13. The number of aliphatic hydroxyl groups is 1. The molecular formula is C17H23ClN2O. The van der Waals surface area contributed by atoms with Crippen molar-refractivity contribution in [1.29, 1.82) is 0 Å². The molecule has 0 bridgehead atoms. The molecule has 21 heavy (non-hydrogen) atoms. The standard InChI is InChI=1S/C17H23ClN2O/c1-2-4-13(8-10-21)11-19-12-14-6-7-16(18)15-5-3-9-20-17(14)15/h3,5-7,9,13,19,21H,2,4,8,10-12H2,1H3. The van der Waals surface area contributed by atoms with Crippen molar-refractivity contribution in [2.24, 2.45) is 5.92 Å². The molecule has 4 heteroatoms. The van der Waals surface area contributed by atoms with Gasteiger partial charge in [-0.25, -0.2) is 0 Å². The third-order valence-electron chi connectivity index (χ3n) is 3.78. The van der Waals surface area contributed by atoms with Crippen LogP contribution in [0.4, 0.5) is 0 Å². The Kier molecular flexibility index (Phi) is 6.43. The maximum atomic E-state index is 9.10. The zero-order chi connectivity index (χ0) is 15.1. The number of hydrogen-bond donors (Lipinski definition) is 2. The number of pyridine rings is 1. The van der Waals surface area contributed by atoms with E-state index in [1.54, 1.807) is 6.20 Å². The lowest BCUT2D eigenvalue weighted by Gasteiger charge is -2.16. The van der Waals surface area contributed by atoms with E-state index in [0.717, 1.165) is 53.8 Å². The Morgan fingerprint density at radius 1 is 1.29 bits per heavy atom. The lowest BCUT2D eigenvalue weighted by atomic mass is 10.00. The molecule has 0 aliphatic carbocycles. The molecule has 0 radical (unpaired) electrons. The van der Waals surface area contributed by atoms with E-state index in [-0.39, 0.29) is 6.61 Å². The summed E-state index contributed by atoms with van der Waals surface area (Å²) in [7, 11) is 0. The van der Waals surface area contributed by atoms with E-state index < -0.39 is 0 Å². The van der Waals surface area contributed by atoms with Gasteiger partial charge < -0.3 is 10.4 Å². The fourth-order valence-corrected chi connectivity index (χ4v) is 2.90. The van der Waals surface area contributed by atoms with Gasteiger partial charge in [-0.15, -0.1) is 0 Å². The van der Waals surface area contributed by atoms with Crippen LogP contribution in [0.3, 0.4) is 0 Å². The van der Waals surface area contributed by atoms with Gasteiger partial charge in [0, 0.05) is 29.8 Å². The van der Waals surface area contributed by atoms with Crippen molar-refractivity contribution in [3.8, 4) is 0 Å². The summed E-state index contributed by atoms with van der Waals surface area (Å²) in [5, 5.41) is 14.3. The normalized spacial score (nSPS) is 12.7. The lowest BCUT2D eigenvalue weighted by molar-refractivity contribution is 0.248. The summed E-state index contributed by atoms with van der Waals surface area (Å²) in [4.78, 5) is 4.45. The Balaban J connectivity index is 2.02. The molecule has 1 unspecified atom stereocenters. The van der Waals surface area contributed by atoms with Crippen molar-refractivity contribution in [2.75, 3.05) is 13.2 Å². The van der Waals surface area contributed by atoms with Gasteiger partial charge in [0.1, 0.15) is 0 Å². The summed E-state index contributed by atoms with van der Waals surface area (Å²) < 4.78 is 0. The van der Waals surface area contributed by atoms with Crippen LogP contribution in [0.5, 0.6) is 0 Å². The van der Waals surface area contributed by atoms with Crippen LogP contribution in [0.1, 0.15) is 31.7 Å². The molecule has 114 valence electrons. The largest absolute Gasteiger partial charge is 0.396 e. The number of fused-ring (bicyclic) bond motifs is 1. The van der Waals surface area contributed by atoms with Crippen molar-refractivity contribution < 1.29 is 5.11 Å². The van der Waals surface area contributed by atoms with E-state index in [1.165, 1.54) is 0 Å². The number of benzene rings is 1. The molecule has 0 spiro atoms. The van der Waals surface area contributed by atoms with E-state index in [9.17, 15) is 0 Å². The minimum Gasteiger partial charge on any atom is -0.396 e. The van der Waals surface area contributed by atoms with Gasteiger partial charge in [-0.2, -0.15) is 0 Å². The second-order valence-electron chi connectivity index (χ2n) is 5.40. The average molecular weight is 307 g/mol. The number of hydrogen-bond acceptors (Lipinski definition) is 3. The Hall–Kier alpha value is -1.16. The fourth-order valence-electron chi connectivity index (χ4n) is 2.69. The van der Waals surface area contributed by atoms with Crippen molar-refractivity contribution in [3.05, 3.63) is 41.0 Å². The molecule has 3 nitrogen and oxygen atoms in total. The third kappa shape index (κ3) is 4.40. The number of nitrogens with zero attached hydrogens (tertiary/aromatic N) is 1. The summed E-state index contributed by atoms with van der Waals surface area (Å²) in [6, 6.07) is 7.87. The van der Waals surface area contributed by atoms with Gasteiger partial charge in [0.25, 0.3) is 0 Å². The highest BCUT2D eigenvalue weighted by molar-refractivity contribution is 6.35. The molecule has 0 fully saturated rings. The first-order valence-electron chi connectivity index (χ1n) is 7.60. The van der Waals surface area contributed by atoms with E-state index in [4.69, 9.17) is 16.7 Å². The van der Waals surface area contributed by atoms with Gasteiger partial charge in [-0.05, 0) is 49.1 Å². The summed E-state index contributed by atoms with van der Waals surface area (Å²) in [5.74, 6) is 0.534. The highest BCUT2D eigenvalue weighted by Crippen LogP contribution is 2.24. The monoisotopic (exact) mass is 306 g/mol. The van der Waals surface area contributed by atoms with Crippen molar-refractivity contribution in [1.82, 2.24) is 10.3 Å². The highest BCUT2D eigenvalue weighted by Gasteiger charge is 2.09. The molecule has 1 heterocycles. The number of rotatable bonds is 8. The average Bonchev–Trinajstić information content (AvgIpc) is 2.50. The maximum absolute atomic E-state index is 9.10. The van der Waals surface area contributed by atoms with E-state index in [1.807, 2.05) is 24.3 Å². The second kappa shape index (κ2) is 8.32. The van der Waals surface area contributed by atoms with Crippen molar-refractivity contribution >= 4 is 22.5 Å². The quantitative estimate of drug-likeness (QED) is 0.780. The molecule has 1 atom stereocenters. The zero-order valence-electron chi connectivity index (χ0n) is 12.5. The van der Waals surface area contributed by atoms with Crippen LogP contribution in [0.15, 0.2) is 30.5 Å². The maximum Gasteiger partial charge on any atom is 0.0761 e. The molecular weight excluding hydrogens is 284 g/mol. The molecule has 2 rings (SSSR count). The first-order chi connectivity index (χ1) is 10.3. The van der Waals surface area contributed by atoms with Crippen molar-refractivity contribution in [2.45, 2.75) is 32.7 Å². The van der Waals surface area contributed by atoms with Crippen LogP contribution in [0.25, 0.3) is 10.9 Å². The lowest BCUT2D eigenvalue weighted by Crippen LogP contribution is -2.23. The minimum absolute atomic E-state index is 0.262. The number of aromatic nitrogens is 1. The highest BCUT2D eigenvalue weighted by atomic mass is 35.5. The molecule has 2 N–H and O–H groups in total. The van der Waals surface area contributed by atoms with Crippen LogP contribution < -0.4 is 5.32 Å². The Morgan fingerprint density at radius 3 is 2.90 bits per heavy atom. The molecule has 0 aliphatic heterocycles. The number of halogens is 1. The van der Waals surface area contributed by atoms with Crippen molar-refractivity contribution in [3.63, 3.8) is 0 Å². The topological polar surface area (TPSA) is 45.1 Å². The van der Waals surface area contributed by atoms with Gasteiger partial charge in [0.2, 0.25) is 0 Å². The molecule has 0 amide bonds. The predicted octanol–water partition coefficient (Wildman–Crippen LogP) is 3.78. The first-order valence-corrected chi connectivity index (χ1v) is 7.97. The van der Waals surface area contributed by atoms with Gasteiger partial charge >= 0.3 is 0 Å². The zero-order valence-corrected chi connectivity index (χ0v) is 13.2. The number of aliphatic hydroxyl groups excluding tert-OH is 1. The van der Waals surface area contributed by atoms with E-state index in [0.29, 0.717) is 5.92 Å². The molecule has 0 aliphatic rings. The van der Waals surface area contributed by atoms with E-state index >= 15 is 0 Å². The van der Waals surface area contributed by atoms with Gasteiger partial charge in [0.05, 0.1) is 5.52 Å². The SMILES string of the molecule is CCCC(CCO)CNCc1ccc(Cl)c2cccnc12. The Morgan fingerprint density at radius 2 is 2.14 bits per heavy atom. The second-order valence-corrected chi connectivity index (χ2v) is 5.81.